The molecule has 0 unspecified atom stereocenters. The summed E-state index contributed by atoms with van der Waals surface area (Å²) in [5.41, 5.74) is 0. The third-order valence-corrected chi connectivity index (χ3v) is 1.38. The van der Waals surface area contributed by atoms with Gasteiger partial charge in [-0.25, -0.2) is 4.79 Å². The third kappa shape index (κ3) is 8.54. The van der Waals surface area contributed by atoms with Crippen LogP contribution in [0.25, 0.3) is 0 Å². The maximum atomic E-state index is 10.9. The van der Waals surface area contributed by atoms with Crippen molar-refractivity contribution < 1.29 is 19.5 Å². The van der Waals surface area contributed by atoms with Gasteiger partial charge in [0.25, 0.3) is 0 Å². The highest BCUT2D eigenvalue weighted by molar-refractivity contribution is 5.86. The zero-order valence-corrected chi connectivity index (χ0v) is 8.50. The van der Waals surface area contributed by atoms with Crippen molar-refractivity contribution in [3.05, 3.63) is 0 Å². The molecule has 4 N–H and O–H groups in total. The van der Waals surface area contributed by atoms with Crippen LogP contribution in [-0.2, 0) is 9.59 Å². The van der Waals surface area contributed by atoms with E-state index in [4.69, 9.17) is 5.11 Å². The van der Waals surface area contributed by atoms with Gasteiger partial charge in [0.2, 0.25) is 5.91 Å². The van der Waals surface area contributed by atoms with E-state index >= 15 is 0 Å². The zero-order valence-electron chi connectivity index (χ0n) is 8.50. The molecule has 0 aliphatic rings. The van der Waals surface area contributed by atoms with Crippen LogP contribution in [0, 0.1) is 0 Å². The van der Waals surface area contributed by atoms with Gasteiger partial charge in [-0.2, -0.15) is 0 Å². The molecule has 0 aromatic rings. The summed E-state index contributed by atoms with van der Waals surface area (Å²) in [6.07, 6.45) is 0.804. The SMILES string of the molecule is CCCNC(=O)NCC(=O)NCC(=O)O. The molecule has 86 valence electrons. The van der Waals surface area contributed by atoms with Crippen molar-refractivity contribution in [2.24, 2.45) is 0 Å². The molecule has 0 aliphatic heterocycles. The molecule has 0 saturated heterocycles. The monoisotopic (exact) mass is 217 g/mol. The molecule has 3 amide bonds. The minimum absolute atomic E-state index is 0.233. The Kier molecular flexibility index (Phi) is 6.69. The molecule has 0 aromatic carbocycles. The summed E-state index contributed by atoms with van der Waals surface area (Å²) in [6, 6.07) is -0.442. The lowest BCUT2D eigenvalue weighted by molar-refractivity contribution is -0.137. The lowest BCUT2D eigenvalue weighted by Gasteiger charge is -2.06. The Balaban J connectivity index is 3.53. The van der Waals surface area contributed by atoms with Gasteiger partial charge in [0.1, 0.15) is 6.54 Å². The fourth-order valence-electron chi connectivity index (χ4n) is 0.698. The molecule has 0 aliphatic carbocycles. The molecule has 0 aromatic heterocycles. The van der Waals surface area contributed by atoms with Gasteiger partial charge in [0, 0.05) is 6.54 Å². The Hall–Kier alpha value is -1.79. The number of hydrogen-bond acceptors (Lipinski definition) is 3. The average molecular weight is 217 g/mol. The van der Waals surface area contributed by atoms with E-state index in [1.807, 2.05) is 6.92 Å². The topological polar surface area (TPSA) is 108 Å². The van der Waals surface area contributed by atoms with E-state index in [9.17, 15) is 14.4 Å². The fourth-order valence-corrected chi connectivity index (χ4v) is 0.698. The van der Waals surface area contributed by atoms with Gasteiger partial charge in [-0.3, -0.25) is 9.59 Å². The molecule has 7 heteroatoms. The van der Waals surface area contributed by atoms with Gasteiger partial charge in [-0.05, 0) is 6.42 Å². The van der Waals surface area contributed by atoms with Gasteiger partial charge in [-0.15, -0.1) is 0 Å². The molecule has 0 saturated carbocycles. The van der Waals surface area contributed by atoms with Crippen molar-refractivity contribution in [1.29, 1.82) is 0 Å². The molecule has 15 heavy (non-hydrogen) atoms. The van der Waals surface area contributed by atoms with Crippen molar-refractivity contribution in [2.75, 3.05) is 19.6 Å². The van der Waals surface area contributed by atoms with Gasteiger partial charge in [-0.1, -0.05) is 6.92 Å². The average Bonchev–Trinajstić information content (AvgIpc) is 2.20. The van der Waals surface area contributed by atoms with Crippen molar-refractivity contribution in [3.8, 4) is 0 Å². The number of amides is 3. The van der Waals surface area contributed by atoms with Crippen molar-refractivity contribution >= 4 is 17.9 Å². The second kappa shape index (κ2) is 7.60. The van der Waals surface area contributed by atoms with Crippen LogP contribution in [0.15, 0.2) is 0 Å². The quantitative estimate of drug-likeness (QED) is 0.452. The van der Waals surface area contributed by atoms with E-state index in [0.29, 0.717) is 6.54 Å². The van der Waals surface area contributed by atoms with E-state index in [2.05, 4.69) is 16.0 Å². The van der Waals surface area contributed by atoms with Crippen LogP contribution in [0.2, 0.25) is 0 Å². The Morgan fingerprint density at radius 3 is 2.27 bits per heavy atom. The number of hydrogen-bond donors (Lipinski definition) is 4. The Morgan fingerprint density at radius 1 is 1.07 bits per heavy atom. The molecule has 0 radical (unpaired) electrons. The molecule has 0 rings (SSSR count). The number of urea groups is 1. The summed E-state index contributed by atoms with van der Waals surface area (Å²) in [5, 5.41) is 15.1. The first-order valence-corrected chi connectivity index (χ1v) is 4.56. The summed E-state index contributed by atoms with van der Waals surface area (Å²) < 4.78 is 0. The summed E-state index contributed by atoms with van der Waals surface area (Å²) >= 11 is 0. The van der Waals surface area contributed by atoms with Crippen LogP contribution in [0.3, 0.4) is 0 Å². The first kappa shape index (κ1) is 13.2. The second-order valence-corrected chi connectivity index (χ2v) is 2.78. The summed E-state index contributed by atoms with van der Waals surface area (Å²) in [7, 11) is 0. The number of carbonyl (C=O) groups is 3. The van der Waals surface area contributed by atoms with E-state index < -0.39 is 24.5 Å². The molecule has 0 fully saturated rings. The molecular weight excluding hydrogens is 202 g/mol. The smallest absolute Gasteiger partial charge is 0.322 e. The number of carboxylic acid groups (broad SMARTS) is 1. The molecule has 0 bridgehead atoms. The Morgan fingerprint density at radius 2 is 1.73 bits per heavy atom. The van der Waals surface area contributed by atoms with Crippen molar-refractivity contribution in [2.45, 2.75) is 13.3 Å². The number of nitrogens with one attached hydrogen (secondary N) is 3. The predicted molar refractivity (Wildman–Crippen MR) is 52.3 cm³/mol. The first-order chi connectivity index (χ1) is 7.06. The molecular formula is C8H15N3O4. The number of rotatable bonds is 6. The van der Waals surface area contributed by atoms with E-state index in [1.54, 1.807) is 0 Å². The predicted octanol–water partition coefficient (Wildman–Crippen LogP) is -1.10. The number of carboxylic acids is 1. The normalized spacial score (nSPS) is 9.13. The minimum atomic E-state index is -1.13. The van der Waals surface area contributed by atoms with Gasteiger partial charge in [0.15, 0.2) is 0 Å². The third-order valence-electron chi connectivity index (χ3n) is 1.38. The van der Waals surface area contributed by atoms with Crippen LogP contribution < -0.4 is 16.0 Å². The van der Waals surface area contributed by atoms with Gasteiger partial charge >= 0.3 is 12.0 Å². The lowest BCUT2D eigenvalue weighted by atomic mass is 10.5. The number of carbonyl (C=O) groups excluding carboxylic acids is 2. The Labute approximate surface area is 87.2 Å². The lowest BCUT2D eigenvalue weighted by Crippen LogP contribution is -2.43. The molecule has 0 atom stereocenters. The number of aliphatic carboxylic acids is 1. The van der Waals surface area contributed by atoms with Crippen LogP contribution in [-0.4, -0.2) is 42.6 Å². The van der Waals surface area contributed by atoms with Crippen LogP contribution in [0.1, 0.15) is 13.3 Å². The van der Waals surface area contributed by atoms with Gasteiger partial charge in [0.05, 0.1) is 6.54 Å². The first-order valence-electron chi connectivity index (χ1n) is 4.56. The van der Waals surface area contributed by atoms with Crippen LogP contribution >= 0.6 is 0 Å². The summed E-state index contributed by atoms with van der Waals surface area (Å²) in [6.45, 7) is 1.75. The fraction of sp³-hybridized carbons (Fsp3) is 0.625. The van der Waals surface area contributed by atoms with E-state index in [-0.39, 0.29) is 6.54 Å². The largest absolute Gasteiger partial charge is 0.480 e. The molecule has 7 nitrogen and oxygen atoms in total. The maximum Gasteiger partial charge on any atom is 0.322 e. The van der Waals surface area contributed by atoms with Crippen molar-refractivity contribution in [1.82, 2.24) is 16.0 Å². The van der Waals surface area contributed by atoms with Crippen LogP contribution in [0.4, 0.5) is 4.79 Å². The van der Waals surface area contributed by atoms with Gasteiger partial charge < -0.3 is 21.1 Å². The highest BCUT2D eigenvalue weighted by Crippen LogP contribution is 1.71. The standard InChI is InChI=1S/C8H15N3O4/c1-2-3-9-8(15)11-4-6(12)10-5-7(13)14/h2-5H2,1H3,(H,10,12)(H,13,14)(H2,9,11,15). The van der Waals surface area contributed by atoms with Crippen molar-refractivity contribution in [3.63, 3.8) is 0 Å². The van der Waals surface area contributed by atoms with E-state index in [1.165, 1.54) is 0 Å². The highest BCUT2D eigenvalue weighted by atomic mass is 16.4. The highest BCUT2D eigenvalue weighted by Gasteiger charge is 2.05. The van der Waals surface area contributed by atoms with E-state index in [0.717, 1.165) is 6.42 Å². The molecule has 0 heterocycles. The summed E-state index contributed by atoms with van der Waals surface area (Å²) in [4.78, 5) is 31.9. The summed E-state index contributed by atoms with van der Waals surface area (Å²) in [5.74, 6) is -1.66. The zero-order chi connectivity index (χ0) is 11.7. The minimum Gasteiger partial charge on any atom is -0.480 e. The Bertz CT molecular complexity index is 242. The molecule has 0 spiro atoms. The second-order valence-electron chi connectivity index (χ2n) is 2.78. The van der Waals surface area contributed by atoms with Crippen LogP contribution in [0.5, 0.6) is 0 Å². The maximum absolute atomic E-state index is 10.9.